The molecule has 0 radical (unpaired) electrons. The molecule has 0 aromatic heterocycles. The maximum atomic E-state index is 11.5. The average molecular weight is 271 g/mol. The van der Waals surface area contributed by atoms with Crippen LogP contribution in [0.15, 0.2) is 29.2 Å². The molecule has 1 unspecified atom stereocenters. The lowest BCUT2D eigenvalue weighted by molar-refractivity contribution is 0.151. The van der Waals surface area contributed by atoms with Crippen molar-refractivity contribution in [3.63, 3.8) is 0 Å². The Morgan fingerprint density at radius 2 is 2.00 bits per heavy atom. The minimum Gasteiger partial charge on any atom is -0.489 e. The summed E-state index contributed by atoms with van der Waals surface area (Å²) in [5, 5.41) is 3.07. The zero-order valence-corrected chi connectivity index (χ0v) is 12.1. The number of sulfone groups is 1. The van der Waals surface area contributed by atoms with Crippen molar-refractivity contribution in [3.05, 3.63) is 24.3 Å². The van der Waals surface area contributed by atoms with Crippen molar-refractivity contribution in [2.24, 2.45) is 5.92 Å². The quantitative estimate of drug-likeness (QED) is 0.856. The molecule has 0 amide bonds. The van der Waals surface area contributed by atoms with E-state index in [1.54, 1.807) is 24.3 Å². The summed E-state index contributed by atoms with van der Waals surface area (Å²) in [5.74, 6) is 0.936. The molecule has 0 fully saturated rings. The molecule has 0 bridgehead atoms. The molecule has 0 spiro atoms. The molecule has 1 atom stereocenters. The molecule has 1 aromatic rings. The first-order chi connectivity index (χ1) is 8.34. The Labute approximate surface area is 109 Å². The van der Waals surface area contributed by atoms with Crippen LogP contribution in [0.1, 0.15) is 13.8 Å². The van der Waals surface area contributed by atoms with Gasteiger partial charge in [-0.3, -0.25) is 0 Å². The lowest BCUT2D eigenvalue weighted by Gasteiger charge is -2.22. The Morgan fingerprint density at radius 1 is 1.33 bits per heavy atom. The fraction of sp³-hybridized carbons (Fsp3) is 0.538. The van der Waals surface area contributed by atoms with E-state index in [-0.39, 0.29) is 11.0 Å². The molecular formula is C13H21NO3S. The number of likely N-dealkylation sites (N-methyl/N-ethyl adjacent to an activating group) is 1. The zero-order valence-electron chi connectivity index (χ0n) is 11.3. The van der Waals surface area contributed by atoms with Crippen molar-refractivity contribution in [2.75, 3.05) is 19.8 Å². The van der Waals surface area contributed by atoms with E-state index in [9.17, 15) is 8.42 Å². The molecule has 5 heteroatoms. The normalized spacial score (nSPS) is 13.6. The second-order valence-corrected chi connectivity index (χ2v) is 6.72. The second kappa shape index (κ2) is 6.20. The topological polar surface area (TPSA) is 55.4 Å². The fourth-order valence-corrected chi connectivity index (χ4v) is 2.22. The fourth-order valence-electron chi connectivity index (χ4n) is 1.57. The molecule has 0 heterocycles. The lowest BCUT2D eigenvalue weighted by Crippen LogP contribution is -2.33. The Balaban J connectivity index is 2.90. The molecule has 0 aliphatic heterocycles. The van der Waals surface area contributed by atoms with Crippen molar-refractivity contribution in [2.45, 2.75) is 24.8 Å². The van der Waals surface area contributed by atoms with E-state index in [4.69, 9.17) is 4.74 Å². The zero-order chi connectivity index (χ0) is 13.8. The number of nitrogens with one attached hydrogen (secondary N) is 1. The van der Waals surface area contributed by atoms with Gasteiger partial charge in [0.1, 0.15) is 11.9 Å². The maximum absolute atomic E-state index is 11.5. The number of hydrogen-bond acceptors (Lipinski definition) is 4. The third-order valence-electron chi connectivity index (χ3n) is 2.67. The average Bonchev–Trinajstić information content (AvgIpc) is 2.27. The molecule has 18 heavy (non-hydrogen) atoms. The first kappa shape index (κ1) is 15.0. The van der Waals surface area contributed by atoms with Crippen LogP contribution in [0.25, 0.3) is 0 Å². The highest BCUT2D eigenvalue weighted by Crippen LogP contribution is 2.20. The summed E-state index contributed by atoms with van der Waals surface area (Å²) in [6, 6.07) is 6.62. The molecule has 0 aliphatic rings. The van der Waals surface area contributed by atoms with Gasteiger partial charge >= 0.3 is 0 Å². The summed E-state index contributed by atoms with van der Waals surface area (Å²) in [4.78, 5) is 0.284. The van der Waals surface area contributed by atoms with Crippen LogP contribution in [-0.2, 0) is 9.84 Å². The summed E-state index contributed by atoms with van der Waals surface area (Å²) in [5.41, 5.74) is 0. The van der Waals surface area contributed by atoms with Crippen LogP contribution in [0, 0.1) is 5.92 Å². The van der Waals surface area contributed by atoms with E-state index in [1.807, 2.05) is 7.05 Å². The summed E-state index contributed by atoms with van der Waals surface area (Å²) >= 11 is 0. The largest absolute Gasteiger partial charge is 0.489 e. The van der Waals surface area contributed by atoms with Gasteiger partial charge in [-0.25, -0.2) is 8.42 Å². The number of hydrogen-bond donors (Lipinski definition) is 1. The van der Waals surface area contributed by atoms with E-state index in [0.717, 1.165) is 6.54 Å². The molecular weight excluding hydrogens is 250 g/mol. The monoisotopic (exact) mass is 271 g/mol. The van der Waals surface area contributed by atoms with Gasteiger partial charge in [0, 0.05) is 12.8 Å². The van der Waals surface area contributed by atoms with Crippen LogP contribution in [-0.4, -0.2) is 34.4 Å². The third-order valence-corrected chi connectivity index (χ3v) is 3.78. The van der Waals surface area contributed by atoms with Crippen LogP contribution in [0.4, 0.5) is 0 Å². The van der Waals surface area contributed by atoms with Gasteiger partial charge in [0.15, 0.2) is 9.84 Å². The smallest absolute Gasteiger partial charge is 0.175 e. The van der Waals surface area contributed by atoms with Gasteiger partial charge < -0.3 is 10.1 Å². The summed E-state index contributed by atoms with van der Waals surface area (Å²) in [6.07, 6.45) is 1.21. The highest BCUT2D eigenvalue weighted by Gasteiger charge is 2.15. The number of benzene rings is 1. The van der Waals surface area contributed by atoms with Crippen LogP contribution < -0.4 is 10.1 Å². The van der Waals surface area contributed by atoms with Gasteiger partial charge in [0.25, 0.3) is 0 Å². The predicted octanol–water partition coefficient (Wildman–Crippen LogP) is 1.71. The second-order valence-electron chi connectivity index (χ2n) is 4.71. The lowest BCUT2D eigenvalue weighted by atomic mass is 10.1. The van der Waals surface area contributed by atoms with Crippen molar-refractivity contribution in [1.29, 1.82) is 0 Å². The highest BCUT2D eigenvalue weighted by molar-refractivity contribution is 7.90. The van der Waals surface area contributed by atoms with Crippen LogP contribution in [0.2, 0.25) is 0 Å². The van der Waals surface area contributed by atoms with Crippen molar-refractivity contribution in [1.82, 2.24) is 5.32 Å². The predicted molar refractivity (Wildman–Crippen MR) is 72.7 cm³/mol. The first-order valence-electron chi connectivity index (χ1n) is 5.96. The number of rotatable bonds is 6. The Kier molecular flexibility index (Phi) is 5.16. The van der Waals surface area contributed by atoms with Crippen molar-refractivity contribution >= 4 is 9.84 Å². The summed E-state index contributed by atoms with van der Waals surface area (Å²) < 4.78 is 28.8. The summed E-state index contributed by atoms with van der Waals surface area (Å²) in [7, 11) is -1.32. The van der Waals surface area contributed by atoms with E-state index in [1.165, 1.54) is 6.26 Å². The van der Waals surface area contributed by atoms with Gasteiger partial charge in [-0.2, -0.15) is 0 Å². The standard InChI is InChI=1S/C13H21NO3S/c1-10(2)13(9-14-3)17-11-6-5-7-12(8-11)18(4,15)16/h5-8,10,13-14H,9H2,1-4H3. The number of ether oxygens (including phenoxy) is 1. The minimum atomic E-state index is -3.19. The van der Waals surface area contributed by atoms with E-state index in [0.29, 0.717) is 11.7 Å². The molecule has 4 nitrogen and oxygen atoms in total. The summed E-state index contributed by atoms with van der Waals surface area (Å²) in [6.45, 7) is 4.87. The maximum Gasteiger partial charge on any atom is 0.175 e. The molecule has 0 saturated heterocycles. The van der Waals surface area contributed by atoms with E-state index < -0.39 is 9.84 Å². The SMILES string of the molecule is CNCC(Oc1cccc(S(C)(=O)=O)c1)C(C)C. The molecule has 1 rings (SSSR count). The van der Waals surface area contributed by atoms with Gasteiger partial charge in [0.05, 0.1) is 4.90 Å². The van der Waals surface area contributed by atoms with E-state index in [2.05, 4.69) is 19.2 Å². The Hall–Kier alpha value is -1.07. The molecule has 1 aromatic carbocycles. The van der Waals surface area contributed by atoms with Gasteiger partial charge in [-0.05, 0) is 31.2 Å². The van der Waals surface area contributed by atoms with Crippen molar-refractivity contribution < 1.29 is 13.2 Å². The van der Waals surface area contributed by atoms with E-state index >= 15 is 0 Å². The van der Waals surface area contributed by atoms with Gasteiger partial charge in [-0.15, -0.1) is 0 Å². The van der Waals surface area contributed by atoms with Crippen molar-refractivity contribution in [3.8, 4) is 5.75 Å². The molecule has 0 saturated carbocycles. The first-order valence-corrected chi connectivity index (χ1v) is 7.85. The highest BCUT2D eigenvalue weighted by atomic mass is 32.2. The molecule has 0 aliphatic carbocycles. The Morgan fingerprint density at radius 3 is 2.50 bits per heavy atom. The van der Waals surface area contributed by atoms with Crippen LogP contribution in [0.3, 0.4) is 0 Å². The van der Waals surface area contributed by atoms with Gasteiger partial charge in [0.2, 0.25) is 0 Å². The third kappa shape index (κ3) is 4.31. The Bertz CT molecular complexity index is 483. The van der Waals surface area contributed by atoms with Gasteiger partial charge in [-0.1, -0.05) is 19.9 Å². The minimum absolute atomic E-state index is 0.0183. The molecule has 1 N–H and O–H groups in total. The van der Waals surface area contributed by atoms with Crippen LogP contribution in [0.5, 0.6) is 5.75 Å². The van der Waals surface area contributed by atoms with Crippen LogP contribution >= 0.6 is 0 Å². The molecule has 102 valence electrons.